The van der Waals surface area contributed by atoms with Gasteiger partial charge in [-0.3, -0.25) is 9.78 Å². The fraction of sp³-hybridized carbons (Fsp3) is 0.286. The fourth-order valence-electron chi connectivity index (χ4n) is 2.96. The highest BCUT2D eigenvalue weighted by Gasteiger charge is 2.34. The van der Waals surface area contributed by atoms with E-state index in [4.69, 9.17) is 9.47 Å². The lowest BCUT2D eigenvalue weighted by Crippen LogP contribution is -2.45. The third kappa shape index (κ3) is 4.30. The van der Waals surface area contributed by atoms with Gasteiger partial charge in [0.25, 0.3) is 5.91 Å². The van der Waals surface area contributed by atoms with Gasteiger partial charge >= 0.3 is 0 Å². The maximum Gasteiger partial charge on any atom is 0.270 e. The van der Waals surface area contributed by atoms with Crippen LogP contribution < -0.4 is 5.32 Å². The van der Waals surface area contributed by atoms with Crippen molar-refractivity contribution in [2.45, 2.75) is 19.6 Å². The summed E-state index contributed by atoms with van der Waals surface area (Å²) in [5.41, 5.74) is 1.93. The van der Waals surface area contributed by atoms with Gasteiger partial charge in [-0.25, -0.2) is 4.98 Å². The number of carbonyl (C=O) groups excluding carboxylic acids is 1. The van der Waals surface area contributed by atoms with Crippen LogP contribution in [0.1, 0.15) is 29.9 Å². The van der Waals surface area contributed by atoms with E-state index >= 15 is 0 Å². The fourth-order valence-corrected chi connectivity index (χ4v) is 2.96. The quantitative estimate of drug-likeness (QED) is 0.620. The second kappa shape index (κ2) is 8.70. The normalized spacial score (nSPS) is 11.5. The second-order valence-electron chi connectivity index (χ2n) is 5.93. The zero-order valence-corrected chi connectivity index (χ0v) is 15.5. The highest BCUT2D eigenvalue weighted by molar-refractivity contribution is 5.94. The average molecular weight is 365 g/mol. The maximum absolute atomic E-state index is 12.7. The van der Waals surface area contributed by atoms with Crippen molar-refractivity contribution in [3.8, 4) is 0 Å². The maximum atomic E-state index is 12.7. The highest BCUT2D eigenvalue weighted by Crippen LogP contribution is 2.26. The van der Waals surface area contributed by atoms with Gasteiger partial charge in [0.15, 0.2) is 0 Å². The van der Waals surface area contributed by atoms with Crippen LogP contribution in [-0.4, -0.2) is 35.6 Å². The predicted octanol–water partition coefficient (Wildman–Crippen LogP) is 3.29. The Bertz CT molecular complexity index is 893. The Balaban J connectivity index is 1.82. The molecular weight excluding hydrogens is 342 g/mol. The molecule has 2 aromatic heterocycles. The standard InChI is InChI=1S/C21H23N3O3/c1-3-26-21(27-4-2,17-11-13-22-14-12-17)15-23-20(25)19-10-9-16-7-5-6-8-18(16)24-19/h5-14H,3-4,15H2,1-2H3,(H,23,25). The van der Waals surface area contributed by atoms with E-state index < -0.39 is 5.79 Å². The van der Waals surface area contributed by atoms with Crippen LogP contribution in [0.15, 0.2) is 60.9 Å². The number of ether oxygens (including phenoxy) is 2. The van der Waals surface area contributed by atoms with Crippen LogP contribution in [0.25, 0.3) is 10.9 Å². The first kappa shape index (κ1) is 18.9. The van der Waals surface area contributed by atoms with Crippen LogP contribution in [0.4, 0.5) is 0 Å². The second-order valence-corrected chi connectivity index (χ2v) is 5.93. The van der Waals surface area contributed by atoms with Crippen molar-refractivity contribution < 1.29 is 14.3 Å². The molecule has 2 heterocycles. The van der Waals surface area contributed by atoms with Crippen LogP contribution in [0.2, 0.25) is 0 Å². The summed E-state index contributed by atoms with van der Waals surface area (Å²) >= 11 is 0. The number of hydrogen-bond donors (Lipinski definition) is 1. The minimum atomic E-state index is -1.07. The number of amides is 1. The number of aromatic nitrogens is 2. The summed E-state index contributed by atoms with van der Waals surface area (Å²) in [5.74, 6) is -1.35. The number of carbonyl (C=O) groups is 1. The molecule has 6 nitrogen and oxygen atoms in total. The predicted molar refractivity (Wildman–Crippen MR) is 103 cm³/mol. The van der Waals surface area contributed by atoms with E-state index in [9.17, 15) is 4.79 Å². The lowest BCUT2D eigenvalue weighted by atomic mass is 10.1. The lowest BCUT2D eigenvalue weighted by Gasteiger charge is -2.33. The molecule has 0 aliphatic carbocycles. The van der Waals surface area contributed by atoms with Gasteiger partial charge in [-0.1, -0.05) is 24.3 Å². The number of nitrogens with zero attached hydrogens (tertiary/aromatic N) is 2. The van der Waals surface area contributed by atoms with E-state index in [1.165, 1.54) is 0 Å². The van der Waals surface area contributed by atoms with Crippen LogP contribution in [0, 0.1) is 0 Å². The molecule has 0 saturated heterocycles. The zero-order chi connectivity index (χ0) is 19.1. The van der Waals surface area contributed by atoms with Crippen molar-refractivity contribution >= 4 is 16.8 Å². The van der Waals surface area contributed by atoms with Gasteiger partial charge in [0.2, 0.25) is 5.79 Å². The number of benzene rings is 1. The first-order valence-electron chi connectivity index (χ1n) is 9.01. The average Bonchev–Trinajstić information content (AvgIpc) is 2.72. The summed E-state index contributed by atoms with van der Waals surface area (Å²) in [5, 5.41) is 3.89. The Morgan fingerprint density at radius 3 is 2.41 bits per heavy atom. The largest absolute Gasteiger partial charge is 0.345 e. The molecule has 0 atom stereocenters. The summed E-state index contributed by atoms with van der Waals surface area (Å²) in [4.78, 5) is 21.2. The molecule has 0 unspecified atom stereocenters. The Hall–Kier alpha value is -2.83. The lowest BCUT2D eigenvalue weighted by molar-refractivity contribution is -0.238. The van der Waals surface area contributed by atoms with Gasteiger partial charge in [0.05, 0.1) is 12.1 Å². The van der Waals surface area contributed by atoms with E-state index in [1.54, 1.807) is 18.5 Å². The molecule has 0 radical (unpaired) electrons. The topological polar surface area (TPSA) is 73.3 Å². The summed E-state index contributed by atoms with van der Waals surface area (Å²) < 4.78 is 11.9. The highest BCUT2D eigenvalue weighted by atomic mass is 16.7. The molecule has 0 aliphatic heterocycles. The summed E-state index contributed by atoms with van der Waals surface area (Å²) in [6.07, 6.45) is 3.35. The van der Waals surface area contributed by atoms with Crippen molar-refractivity contribution in [3.05, 3.63) is 72.2 Å². The van der Waals surface area contributed by atoms with E-state index in [0.29, 0.717) is 18.9 Å². The van der Waals surface area contributed by atoms with Gasteiger partial charge in [-0.2, -0.15) is 0 Å². The number of para-hydroxylation sites is 1. The molecular formula is C21H23N3O3. The van der Waals surface area contributed by atoms with Gasteiger partial charge in [-0.05, 0) is 38.1 Å². The molecule has 3 aromatic rings. The van der Waals surface area contributed by atoms with Gasteiger partial charge in [0.1, 0.15) is 5.69 Å². The van der Waals surface area contributed by atoms with Crippen molar-refractivity contribution in [1.82, 2.24) is 15.3 Å². The third-order valence-electron chi connectivity index (χ3n) is 4.19. The number of hydrogen-bond acceptors (Lipinski definition) is 5. The van der Waals surface area contributed by atoms with E-state index in [1.807, 2.05) is 56.3 Å². The number of nitrogens with one attached hydrogen (secondary N) is 1. The molecule has 0 fully saturated rings. The van der Waals surface area contributed by atoms with E-state index in [0.717, 1.165) is 16.5 Å². The summed E-state index contributed by atoms with van der Waals surface area (Å²) in [6, 6.07) is 14.9. The number of pyridine rings is 2. The van der Waals surface area contributed by atoms with Crippen molar-refractivity contribution in [2.75, 3.05) is 19.8 Å². The van der Waals surface area contributed by atoms with E-state index in [-0.39, 0.29) is 12.5 Å². The Labute approximate surface area is 158 Å². The molecule has 1 amide bonds. The number of rotatable bonds is 8. The van der Waals surface area contributed by atoms with Crippen LogP contribution in [0.3, 0.4) is 0 Å². The number of fused-ring (bicyclic) bond motifs is 1. The molecule has 0 saturated carbocycles. The van der Waals surface area contributed by atoms with Crippen LogP contribution in [0.5, 0.6) is 0 Å². The molecule has 27 heavy (non-hydrogen) atoms. The van der Waals surface area contributed by atoms with Crippen molar-refractivity contribution in [3.63, 3.8) is 0 Å². The molecule has 140 valence electrons. The van der Waals surface area contributed by atoms with Crippen molar-refractivity contribution in [2.24, 2.45) is 0 Å². The van der Waals surface area contributed by atoms with Crippen LogP contribution in [-0.2, 0) is 15.3 Å². The Kier molecular flexibility index (Phi) is 6.11. The first-order chi connectivity index (χ1) is 13.2. The molecule has 1 N–H and O–H groups in total. The van der Waals surface area contributed by atoms with Gasteiger partial charge in [-0.15, -0.1) is 0 Å². The van der Waals surface area contributed by atoms with Gasteiger partial charge in [0, 0.05) is 36.6 Å². The Morgan fingerprint density at radius 1 is 1.00 bits per heavy atom. The first-order valence-corrected chi connectivity index (χ1v) is 9.01. The zero-order valence-electron chi connectivity index (χ0n) is 15.5. The SMILES string of the molecule is CCOC(CNC(=O)c1ccc2ccccc2n1)(OCC)c1ccncc1. The third-order valence-corrected chi connectivity index (χ3v) is 4.19. The molecule has 3 rings (SSSR count). The monoisotopic (exact) mass is 365 g/mol. The van der Waals surface area contributed by atoms with E-state index in [2.05, 4.69) is 15.3 Å². The van der Waals surface area contributed by atoms with Crippen LogP contribution >= 0.6 is 0 Å². The molecule has 0 aliphatic rings. The minimum absolute atomic E-state index is 0.159. The Morgan fingerprint density at radius 2 is 1.70 bits per heavy atom. The molecule has 1 aromatic carbocycles. The molecule has 0 bridgehead atoms. The van der Waals surface area contributed by atoms with Crippen molar-refractivity contribution in [1.29, 1.82) is 0 Å². The summed E-state index contributed by atoms with van der Waals surface area (Å²) in [7, 11) is 0. The smallest absolute Gasteiger partial charge is 0.270 e. The molecule has 0 spiro atoms. The summed E-state index contributed by atoms with van der Waals surface area (Å²) in [6.45, 7) is 4.81. The minimum Gasteiger partial charge on any atom is -0.345 e. The molecule has 6 heteroatoms. The van der Waals surface area contributed by atoms with Gasteiger partial charge < -0.3 is 14.8 Å².